The minimum Gasteiger partial charge on any atom is -0.507 e. The zero-order valence-corrected chi connectivity index (χ0v) is 10.1. The molecule has 0 aromatic heterocycles. The van der Waals surface area contributed by atoms with Crippen LogP contribution in [0.15, 0.2) is 23.3 Å². The first-order chi connectivity index (χ1) is 9.08. The molecule has 1 saturated carbocycles. The van der Waals surface area contributed by atoms with Crippen molar-refractivity contribution >= 4 is 17.8 Å². The van der Waals surface area contributed by atoms with Crippen molar-refractivity contribution in [3.63, 3.8) is 0 Å². The third kappa shape index (κ3) is 3.06. The van der Waals surface area contributed by atoms with E-state index >= 15 is 0 Å². The Morgan fingerprint density at radius 2 is 2.26 bits per heavy atom. The molecule has 2 N–H and O–H groups in total. The lowest BCUT2D eigenvalue weighted by atomic mass is 9.85. The highest BCUT2D eigenvalue weighted by Crippen LogP contribution is 2.26. The van der Waals surface area contributed by atoms with Crippen molar-refractivity contribution in [1.29, 1.82) is 0 Å². The zero-order chi connectivity index (χ0) is 13.8. The van der Waals surface area contributed by atoms with Crippen LogP contribution in [0.4, 0.5) is 5.69 Å². The van der Waals surface area contributed by atoms with Crippen molar-refractivity contribution in [2.75, 3.05) is 0 Å². The van der Waals surface area contributed by atoms with E-state index in [0.717, 1.165) is 19.3 Å². The first-order valence-electron chi connectivity index (χ1n) is 5.88. The van der Waals surface area contributed by atoms with Crippen LogP contribution in [0.2, 0.25) is 0 Å². The second kappa shape index (κ2) is 5.47. The number of nitrogens with zero attached hydrogens (tertiary/aromatic N) is 2. The van der Waals surface area contributed by atoms with Crippen molar-refractivity contribution in [1.82, 2.24) is 5.43 Å². The van der Waals surface area contributed by atoms with Gasteiger partial charge in [0.05, 0.1) is 11.1 Å². The van der Waals surface area contributed by atoms with Crippen molar-refractivity contribution in [3.8, 4) is 5.75 Å². The predicted octanol–water partition coefficient (Wildman–Crippen LogP) is 1.55. The lowest BCUT2D eigenvalue weighted by Gasteiger charge is -2.22. The number of hydrogen-bond acceptors (Lipinski definition) is 5. The maximum absolute atomic E-state index is 11.5. The second-order valence-electron chi connectivity index (χ2n) is 4.36. The Bertz CT molecular complexity index is 538. The molecule has 100 valence electrons. The first-order valence-corrected chi connectivity index (χ1v) is 5.88. The number of rotatable bonds is 4. The minimum absolute atomic E-state index is 0.0101. The van der Waals surface area contributed by atoms with Gasteiger partial charge in [0, 0.05) is 23.6 Å². The molecule has 0 unspecified atom stereocenters. The molecule has 2 rings (SSSR count). The summed E-state index contributed by atoms with van der Waals surface area (Å²) in [7, 11) is 0. The van der Waals surface area contributed by atoms with Gasteiger partial charge in [-0.05, 0) is 18.9 Å². The van der Waals surface area contributed by atoms with Crippen LogP contribution in [0.1, 0.15) is 24.8 Å². The van der Waals surface area contributed by atoms with Crippen molar-refractivity contribution in [2.45, 2.75) is 19.3 Å². The van der Waals surface area contributed by atoms with Gasteiger partial charge in [-0.25, -0.2) is 5.43 Å². The van der Waals surface area contributed by atoms with Gasteiger partial charge in [0.15, 0.2) is 0 Å². The standard InChI is InChI=1S/C12H13N3O4/c16-11-5-4-10(15(18)19)6-9(11)7-13-14-12(17)8-2-1-3-8/h4-8,16H,1-3H2,(H,14,17)/b13-7+. The van der Waals surface area contributed by atoms with Gasteiger partial charge in [-0.3, -0.25) is 14.9 Å². The van der Waals surface area contributed by atoms with Crippen molar-refractivity contribution in [2.24, 2.45) is 11.0 Å². The van der Waals surface area contributed by atoms with Gasteiger partial charge in [0.25, 0.3) is 5.69 Å². The average Bonchev–Trinajstić information content (AvgIpc) is 2.28. The van der Waals surface area contributed by atoms with E-state index in [-0.39, 0.29) is 28.8 Å². The highest BCUT2D eigenvalue weighted by atomic mass is 16.6. The minimum atomic E-state index is -0.566. The highest BCUT2D eigenvalue weighted by molar-refractivity contribution is 5.86. The molecule has 19 heavy (non-hydrogen) atoms. The largest absolute Gasteiger partial charge is 0.507 e. The number of nitrogens with one attached hydrogen (secondary N) is 1. The summed E-state index contributed by atoms with van der Waals surface area (Å²) in [6.07, 6.45) is 3.97. The number of phenolic OH excluding ortho intramolecular Hbond substituents is 1. The number of phenols is 1. The molecule has 1 amide bonds. The van der Waals surface area contributed by atoms with Crippen LogP contribution in [0.3, 0.4) is 0 Å². The summed E-state index contributed by atoms with van der Waals surface area (Å²) in [5, 5.41) is 23.8. The molecule has 0 bridgehead atoms. The third-order valence-corrected chi connectivity index (χ3v) is 3.08. The van der Waals surface area contributed by atoms with E-state index in [2.05, 4.69) is 10.5 Å². The fraction of sp³-hybridized carbons (Fsp3) is 0.333. The van der Waals surface area contributed by atoms with Crippen LogP contribution in [-0.2, 0) is 4.79 Å². The SMILES string of the molecule is O=C(N/N=C/c1cc([N+](=O)[O-])ccc1O)C1CCC1. The van der Waals surface area contributed by atoms with E-state index in [1.165, 1.54) is 24.4 Å². The second-order valence-corrected chi connectivity index (χ2v) is 4.36. The zero-order valence-electron chi connectivity index (χ0n) is 10.1. The fourth-order valence-electron chi connectivity index (χ4n) is 1.69. The van der Waals surface area contributed by atoms with Gasteiger partial charge in [-0.1, -0.05) is 6.42 Å². The normalized spacial score (nSPS) is 15.2. The van der Waals surface area contributed by atoms with Crippen molar-refractivity contribution < 1.29 is 14.8 Å². The molecule has 0 radical (unpaired) electrons. The molecule has 7 nitrogen and oxygen atoms in total. The maximum Gasteiger partial charge on any atom is 0.270 e. The molecule has 1 fully saturated rings. The fourth-order valence-corrected chi connectivity index (χ4v) is 1.69. The van der Waals surface area contributed by atoms with Crippen LogP contribution in [0.5, 0.6) is 5.75 Å². The smallest absolute Gasteiger partial charge is 0.270 e. The van der Waals surface area contributed by atoms with Gasteiger partial charge in [-0.15, -0.1) is 0 Å². The van der Waals surface area contributed by atoms with Crippen LogP contribution in [0.25, 0.3) is 0 Å². The summed E-state index contributed by atoms with van der Waals surface area (Å²) < 4.78 is 0. The number of nitro groups is 1. The monoisotopic (exact) mass is 263 g/mol. The van der Waals surface area contributed by atoms with Crippen LogP contribution < -0.4 is 5.43 Å². The van der Waals surface area contributed by atoms with E-state index in [1.807, 2.05) is 0 Å². The summed E-state index contributed by atoms with van der Waals surface area (Å²) in [5.74, 6) is -0.282. The lowest BCUT2D eigenvalue weighted by molar-refractivity contribution is -0.384. The Hall–Kier alpha value is -2.44. The number of hydrogen-bond donors (Lipinski definition) is 2. The van der Waals surface area contributed by atoms with E-state index in [9.17, 15) is 20.0 Å². The number of non-ortho nitro benzene ring substituents is 1. The van der Waals surface area contributed by atoms with Gasteiger partial charge >= 0.3 is 0 Å². The third-order valence-electron chi connectivity index (χ3n) is 3.08. The molecule has 1 aromatic rings. The maximum atomic E-state index is 11.5. The lowest BCUT2D eigenvalue weighted by Crippen LogP contribution is -2.31. The highest BCUT2D eigenvalue weighted by Gasteiger charge is 2.24. The number of hydrazone groups is 1. The Morgan fingerprint density at radius 1 is 1.53 bits per heavy atom. The quantitative estimate of drug-likeness (QED) is 0.488. The molecule has 0 saturated heterocycles. The summed E-state index contributed by atoms with van der Waals surface area (Å²) in [4.78, 5) is 21.5. The Labute approximate surface area is 109 Å². The average molecular weight is 263 g/mol. The molecule has 0 aliphatic heterocycles. The Kier molecular flexibility index (Phi) is 3.74. The van der Waals surface area contributed by atoms with E-state index in [1.54, 1.807) is 0 Å². The number of carbonyl (C=O) groups excluding carboxylic acids is 1. The molecule has 0 spiro atoms. The first kappa shape index (κ1) is 13.0. The summed E-state index contributed by atoms with van der Waals surface area (Å²) >= 11 is 0. The molecule has 1 aliphatic carbocycles. The van der Waals surface area contributed by atoms with Crippen LogP contribution in [-0.4, -0.2) is 22.2 Å². The summed E-state index contributed by atoms with van der Waals surface area (Å²) in [6, 6.07) is 3.60. The van der Waals surface area contributed by atoms with Crippen LogP contribution in [0, 0.1) is 16.0 Å². The molecule has 7 heteroatoms. The van der Waals surface area contributed by atoms with Crippen molar-refractivity contribution in [3.05, 3.63) is 33.9 Å². The van der Waals surface area contributed by atoms with Crippen LogP contribution >= 0.6 is 0 Å². The Balaban J connectivity index is 2.03. The number of benzene rings is 1. The van der Waals surface area contributed by atoms with Gasteiger partial charge < -0.3 is 5.11 Å². The molecular weight excluding hydrogens is 250 g/mol. The van der Waals surface area contributed by atoms with E-state index in [4.69, 9.17) is 0 Å². The molecule has 1 aliphatic rings. The van der Waals surface area contributed by atoms with E-state index < -0.39 is 4.92 Å². The molecule has 0 heterocycles. The molecule has 0 atom stereocenters. The summed E-state index contributed by atoms with van der Waals surface area (Å²) in [5.41, 5.74) is 2.39. The number of amides is 1. The van der Waals surface area contributed by atoms with Gasteiger partial charge in [0.2, 0.25) is 5.91 Å². The Morgan fingerprint density at radius 3 is 2.84 bits per heavy atom. The number of nitro benzene ring substituents is 1. The summed E-state index contributed by atoms with van der Waals surface area (Å²) in [6.45, 7) is 0. The molecule has 1 aromatic carbocycles. The van der Waals surface area contributed by atoms with E-state index in [0.29, 0.717) is 0 Å². The topological polar surface area (TPSA) is 105 Å². The predicted molar refractivity (Wildman–Crippen MR) is 67.8 cm³/mol. The molecular formula is C12H13N3O4. The van der Waals surface area contributed by atoms with Gasteiger partial charge in [0.1, 0.15) is 5.75 Å². The number of aromatic hydroxyl groups is 1. The number of carbonyl (C=O) groups is 1. The van der Waals surface area contributed by atoms with Gasteiger partial charge in [-0.2, -0.15) is 5.10 Å².